The lowest BCUT2D eigenvalue weighted by Gasteiger charge is -2.30. The predicted molar refractivity (Wildman–Crippen MR) is 103 cm³/mol. The Bertz CT molecular complexity index is 899. The summed E-state index contributed by atoms with van der Waals surface area (Å²) in [4.78, 5) is 12.9. The van der Waals surface area contributed by atoms with Crippen LogP contribution in [0.5, 0.6) is 17.2 Å². The second-order valence-corrected chi connectivity index (χ2v) is 8.34. The molecule has 0 saturated carbocycles. The quantitative estimate of drug-likeness (QED) is 0.543. The molecule has 0 radical (unpaired) electrons. The van der Waals surface area contributed by atoms with E-state index in [9.17, 15) is 13.2 Å². The number of esters is 1. The number of carbonyl (C=O) groups excluding carboxylic acids is 1. The van der Waals surface area contributed by atoms with Crippen molar-refractivity contribution in [2.75, 3.05) is 27.3 Å². The minimum Gasteiger partial charge on any atom is -0.493 e. The fraction of sp³-hybridized carbons (Fsp3) is 0.350. The summed E-state index contributed by atoms with van der Waals surface area (Å²) in [5, 5.41) is 0. The van der Waals surface area contributed by atoms with Crippen LogP contribution in [0.25, 0.3) is 0 Å². The first-order valence-corrected chi connectivity index (χ1v) is 10.4. The van der Waals surface area contributed by atoms with Crippen LogP contribution in [-0.4, -0.2) is 46.0 Å². The van der Waals surface area contributed by atoms with Crippen molar-refractivity contribution in [1.82, 2.24) is 4.31 Å². The average Bonchev–Trinajstić information content (AvgIpc) is 2.74. The van der Waals surface area contributed by atoms with Gasteiger partial charge in [-0.3, -0.25) is 4.79 Å². The molecule has 1 fully saturated rings. The molecule has 0 bridgehead atoms. The van der Waals surface area contributed by atoms with Crippen molar-refractivity contribution >= 4 is 16.0 Å². The Morgan fingerprint density at radius 2 is 1.50 bits per heavy atom. The van der Waals surface area contributed by atoms with E-state index in [1.165, 1.54) is 18.5 Å². The van der Waals surface area contributed by atoms with E-state index >= 15 is 0 Å². The van der Waals surface area contributed by atoms with Gasteiger partial charge in [-0.1, -0.05) is 24.3 Å². The number of hydrogen-bond donors (Lipinski definition) is 0. The first-order valence-electron chi connectivity index (χ1n) is 8.95. The van der Waals surface area contributed by atoms with Crippen LogP contribution >= 0.6 is 0 Å². The molecule has 1 aliphatic heterocycles. The number of ether oxygens (including phenoxy) is 3. The minimum atomic E-state index is -3.55. The van der Waals surface area contributed by atoms with Gasteiger partial charge in [-0.2, -0.15) is 4.31 Å². The number of piperidine rings is 1. The lowest BCUT2D eigenvalue weighted by atomic mass is 9.98. The molecule has 0 unspecified atom stereocenters. The van der Waals surface area contributed by atoms with Crippen molar-refractivity contribution in [1.29, 1.82) is 0 Å². The Kier molecular flexibility index (Phi) is 6.21. The van der Waals surface area contributed by atoms with Gasteiger partial charge in [0.25, 0.3) is 0 Å². The van der Waals surface area contributed by atoms with Crippen LogP contribution in [0.15, 0.2) is 53.4 Å². The summed E-state index contributed by atoms with van der Waals surface area (Å²) in [6, 6.07) is 13.4. The van der Waals surface area contributed by atoms with Crippen LogP contribution in [0, 0.1) is 5.92 Å². The lowest BCUT2D eigenvalue weighted by molar-refractivity contribution is -0.140. The van der Waals surface area contributed by atoms with Gasteiger partial charge in [0.05, 0.1) is 25.0 Å². The molecule has 0 spiro atoms. The molecule has 2 aromatic rings. The summed E-state index contributed by atoms with van der Waals surface area (Å²) in [5.74, 6) is 0.224. The summed E-state index contributed by atoms with van der Waals surface area (Å²) in [5.41, 5.74) is 0. The van der Waals surface area contributed by atoms with Gasteiger partial charge in [0.2, 0.25) is 15.8 Å². The molecule has 0 aliphatic carbocycles. The largest absolute Gasteiger partial charge is 0.493 e. The molecule has 2 aromatic carbocycles. The molecule has 0 atom stereocenters. The molecule has 3 rings (SSSR count). The van der Waals surface area contributed by atoms with E-state index in [-0.39, 0.29) is 23.7 Å². The maximum atomic E-state index is 12.7. The molecule has 8 heteroatoms. The van der Waals surface area contributed by atoms with Crippen molar-refractivity contribution in [2.45, 2.75) is 17.7 Å². The second kappa shape index (κ2) is 8.62. The van der Waals surface area contributed by atoms with Gasteiger partial charge < -0.3 is 14.2 Å². The minimum absolute atomic E-state index is 0.233. The van der Waals surface area contributed by atoms with Gasteiger partial charge in [0, 0.05) is 13.1 Å². The van der Waals surface area contributed by atoms with Gasteiger partial charge in [-0.25, -0.2) is 8.42 Å². The van der Waals surface area contributed by atoms with Crippen LogP contribution < -0.4 is 14.2 Å². The average molecular weight is 405 g/mol. The second-order valence-electron chi connectivity index (χ2n) is 6.40. The number of nitrogens with zero attached hydrogens (tertiary/aromatic N) is 1. The highest BCUT2D eigenvalue weighted by Gasteiger charge is 2.33. The van der Waals surface area contributed by atoms with Gasteiger partial charge in [0.1, 0.15) is 0 Å². The molecule has 1 saturated heterocycles. The Labute approximate surface area is 164 Å². The number of rotatable bonds is 6. The molecule has 0 amide bonds. The van der Waals surface area contributed by atoms with Crippen molar-refractivity contribution in [3.8, 4) is 17.2 Å². The Morgan fingerprint density at radius 3 is 2.04 bits per heavy atom. The SMILES string of the molecule is COc1cccc(OC)c1OC(=O)C1CCN(S(=O)(=O)c2ccccc2)CC1. The van der Waals surface area contributed by atoms with Crippen LogP contribution in [0.4, 0.5) is 0 Å². The van der Waals surface area contributed by atoms with E-state index in [0.29, 0.717) is 24.3 Å². The number of carbonyl (C=O) groups is 1. The fourth-order valence-corrected chi connectivity index (χ4v) is 4.67. The predicted octanol–water partition coefficient (Wildman–Crippen LogP) is 2.71. The molecular formula is C20H23NO6S. The zero-order chi connectivity index (χ0) is 20.1. The first kappa shape index (κ1) is 20.2. The summed E-state index contributed by atoms with van der Waals surface area (Å²) < 4.78 is 42.8. The van der Waals surface area contributed by atoms with E-state index < -0.39 is 21.9 Å². The van der Waals surface area contributed by atoms with Crippen LogP contribution in [0.1, 0.15) is 12.8 Å². The van der Waals surface area contributed by atoms with Gasteiger partial charge in [0.15, 0.2) is 11.5 Å². The third kappa shape index (κ3) is 4.13. The van der Waals surface area contributed by atoms with Crippen molar-refractivity contribution in [3.05, 3.63) is 48.5 Å². The fourth-order valence-electron chi connectivity index (χ4n) is 3.18. The van der Waals surface area contributed by atoms with Gasteiger partial charge >= 0.3 is 5.97 Å². The zero-order valence-electron chi connectivity index (χ0n) is 15.8. The Balaban J connectivity index is 1.67. The Morgan fingerprint density at radius 1 is 0.929 bits per heavy atom. The molecule has 0 N–H and O–H groups in total. The van der Waals surface area contributed by atoms with Crippen molar-refractivity contribution in [3.63, 3.8) is 0 Å². The van der Waals surface area contributed by atoms with E-state index in [4.69, 9.17) is 14.2 Å². The molecule has 150 valence electrons. The number of hydrogen-bond acceptors (Lipinski definition) is 6. The van der Waals surface area contributed by atoms with E-state index in [1.807, 2.05) is 0 Å². The summed E-state index contributed by atoms with van der Waals surface area (Å²) in [6.07, 6.45) is 0.782. The van der Waals surface area contributed by atoms with E-state index in [1.54, 1.807) is 48.5 Å². The maximum absolute atomic E-state index is 12.7. The third-order valence-electron chi connectivity index (χ3n) is 4.75. The van der Waals surface area contributed by atoms with Crippen molar-refractivity contribution in [2.24, 2.45) is 5.92 Å². The number of benzene rings is 2. The highest BCUT2D eigenvalue weighted by molar-refractivity contribution is 7.89. The van der Waals surface area contributed by atoms with Crippen LogP contribution in [-0.2, 0) is 14.8 Å². The summed E-state index contributed by atoms with van der Waals surface area (Å²) in [6.45, 7) is 0.528. The topological polar surface area (TPSA) is 82.1 Å². The normalized spacial score (nSPS) is 15.8. The molecular weight excluding hydrogens is 382 g/mol. The molecule has 1 aliphatic rings. The molecule has 7 nitrogen and oxygen atoms in total. The van der Waals surface area contributed by atoms with Crippen LogP contribution in [0.3, 0.4) is 0 Å². The zero-order valence-corrected chi connectivity index (χ0v) is 16.6. The third-order valence-corrected chi connectivity index (χ3v) is 6.67. The monoisotopic (exact) mass is 405 g/mol. The molecule has 0 aromatic heterocycles. The van der Waals surface area contributed by atoms with Crippen LogP contribution in [0.2, 0.25) is 0 Å². The number of para-hydroxylation sites is 1. The molecule has 28 heavy (non-hydrogen) atoms. The van der Waals surface area contributed by atoms with Crippen molar-refractivity contribution < 1.29 is 27.4 Å². The summed E-state index contributed by atoms with van der Waals surface area (Å²) >= 11 is 0. The van der Waals surface area contributed by atoms with E-state index in [2.05, 4.69) is 0 Å². The smallest absolute Gasteiger partial charge is 0.314 e. The standard InChI is InChI=1S/C20H23NO6S/c1-25-17-9-6-10-18(26-2)19(17)27-20(22)15-11-13-21(14-12-15)28(23,24)16-7-4-3-5-8-16/h3-10,15H,11-14H2,1-2H3. The highest BCUT2D eigenvalue weighted by atomic mass is 32.2. The molecule has 1 heterocycles. The summed E-state index contributed by atoms with van der Waals surface area (Å²) in [7, 11) is -0.580. The lowest BCUT2D eigenvalue weighted by Crippen LogP contribution is -2.41. The van der Waals surface area contributed by atoms with Gasteiger partial charge in [-0.15, -0.1) is 0 Å². The number of sulfonamides is 1. The first-order chi connectivity index (χ1) is 13.5. The number of methoxy groups -OCH3 is 2. The van der Waals surface area contributed by atoms with E-state index in [0.717, 1.165) is 0 Å². The van der Waals surface area contributed by atoms with Gasteiger partial charge in [-0.05, 0) is 37.1 Å². The Hall–Kier alpha value is -2.58. The maximum Gasteiger partial charge on any atom is 0.314 e. The highest BCUT2D eigenvalue weighted by Crippen LogP contribution is 2.38.